The van der Waals surface area contributed by atoms with Gasteiger partial charge in [-0.3, -0.25) is 14.6 Å². The molecule has 0 bridgehead atoms. The molecular formula is C31H27F5IN3O5. The SMILES string of the molecule is COc1cccc(-c2cc(C(F)(F)F)ccc2NC(=O)C2=C(O)[C@@]3(C)CCCN3N(Cc3ccc(I)c(F)c3F)C2=O)c1OC. The lowest BCUT2D eigenvalue weighted by Gasteiger charge is -2.46. The number of nitrogens with one attached hydrogen (secondary N) is 1. The highest BCUT2D eigenvalue weighted by atomic mass is 127. The van der Waals surface area contributed by atoms with E-state index in [0.29, 0.717) is 12.8 Å². The van der Waals surface area contributed by atoms with Gasteiger partial charge in [0.2, 0.25) is 0 Å². The van der Waals surface area contributed by atoms with Crippen LogP contribution in [0.2, 0.25) is 0 Å². The zero-order chi connectivity index (χ0) is 32.8. The summed E-state index contributed by atoms with van der Waals surface area (Å²) in [5, 5.41) is 16.4. The summed E-state index contributed by atoms with van der Waals surface area (Å²) in [7, 11) is 2.66. The fourth-order valence-corrected chi connectivity index (χ4v) is 6.15. The van der Waals surface area contributed by atoms with Crippen LogP contribution < -0.4 is 14.8 Å². The number of para-hydroxylation sites is 1. The van der Waals surface area contributed by atoms with E-state index in [2.05, 4.69) is 5.32 Å². The fraction of sp³-hybridized carbons (Fsp3) is 0.290. The number of rotatable bonds is 7. The van der Waals surface area contributed by atoms with E-state index in [1.807, 2.05) is 0 Å². The molecule has 5 rings (SSSR count). The molecule has 0 saturated carbocycles. The van der Waals surface area contributed by atoms with Crippen LogP contribution in [0, 0.1) is 15.2 Å². The number of alkyl halides is 3. The maximum absolute atomic E-state index is 14.9. The highest BCUT2D eigenvalue weighted by molar-refractivity contribution is 14.1. The van der Waals surface area contributed by atoms with Gasteiger partial charge in [0.25, 0.3) is 11.8 Å². The normalized spacial score (nSPS) is 18.7. The zero-order valence-electron chi connectivity index (χ0n) is 24.2. The van der Waals surface area contributed by atoms with Crippen LogP contribution in [0.15, 0.2) is 59.9 Å². The first kappa shape index (κ1) is 32.5. The quantitative estimate of drug-likeness (QED) is 0.119. The van der Waals surface area contributed by atoms with E-state index < -0.39 is 58.6 Å². The van der Waals surface area contributed by atoms with Crippen molar-refractivity contribution in [3.05, 3.63) is 86.2 Å². The van der Waals surface area contributed by atoms with Crippen LogP contribution in [-0.2, 0) is 22.3 Å². The van der Waals surface area contributed by atoms with Crippen LogP contribution in [0.5, 0.6) is 11.5 Å². The summed E-state index contributed by atoms with van der Waals surface area (Å²) in [5.41, 5.74) is -3.14. The number of hydrazine groups is 1. The van der Waals surface area contributed by atoms with Crippen LogP contribution in [0.25, 0.3) is 11.1 Å². The van der Waals surface area contributed by atoms with Crippen molar-refractivity contribution in [1.29, 1.82) is 0 Å². The molecule has 0 radical (unpaired) electrons. The van der Waals surface area contributed by atoms with E-state index in [4.69, 9.17) is 9.47 Å². The van der Waals surface area contributed by atoms with Gasteiger partial charge in [-0.25, -0.2) is 13.8 Å². The van der Waals surface area contributed by atoms with E-state index in [0.717, 1.165) is 23.2 Å². The van der Waals surface area contributed by atoms with Gasteiger partial charge in [-0.1, -0.05) is 18.2 Å². The summed E-state index contributed by atoms with van der Waals surface area (Å²) in [5.74, 6) is -4.56. The first-order valence-corrected chi connectivity index (χ1v) is 14.7. The second kappa shape index (κ2) is 12.1. The van der Waals surface area contributed by atoms with Crippen molar-refractivity contribution in [2.45, 2.75) is 38.0 Å². The number of fused-ring (bicyclic) bond motifs is 1. The average Bonchev–Trinajstić information content (AvgIpc) is 3.41. The van der Waals surface area contributed by atoms with Crippen molar-refractivity contribution in [2.75, 3.05) is 26.1 Å². The molecule has 0 aliphatic carbocycles. The number of aliphatic hydroxyl groups is 1. The molecule has 2 N–H and O–H groups in total. The summed E-state index contributed by atoms with van der Waals surface area (Å²) < 4.78 is 81.3. The number of hydrogen-bond donors (Lipinski definition) is 2. The van der Waals surface area contributed by atoms with Crippen LogP contribution in [0.1, 0.15) is 30.9 Å². The van der Waals surface area contributed by atoms with Gasteiger partial charge in [-0.15, -0.1) is 0 Å². The van der Waals surface area contributed by atoms with E-state index >= 15 is 0 Å². The average molecular weight is 743 g/mol. The van der Waals surface area contributed by atoms with Gasteiger partial charge in [0.1, 0.15) is 11.3 Å². The summed E-state index contributed by atoms with van der Waals surface area (Å²) >= 11 is 1.64. The number of aliphatic hydroxyl groups excluding tert-OH is 1. The number of methoxy groups -OCH3 is 2. The summed E-state index contributed by atoms with van der Waals surface area (Å²) in [6, 6.07) is 9.85. The molecule has 0 unspecified atom stereocenters. The van der Waals surface area contributed by atoms with Crippen molar-refractivity contribution in [3.63, 3.8) is 0 Å². The maximum Gasteiger partial charge on any atom is 0.416 e. The number of ether oxygens (including phenoxy) is 2. The number of carbonyl (C=O) groups excluding carboxylic acids is 2. The number of halogens is 6. The Morgan fingerprint density at radius 2 is 1.80 bits per heavy atom. The highest BCUT2D eigenvalue weighted by Crippen LogP contribution is 2.45. The Morgan fingerprint density at radius 1 is 1.07 bits per heavy atom. The van der Waals surface area contributed by atoms with Crippen LogP contribution in [-0.4, -0.2) is 53.2 Å². The smallest absolute Gasteiger partial charge is 0.416 e. The number of carbonyl (C=O) groups is 2. The Kier molecular flexibility index (Phi) is 8.74. The summed E-state index contributed by atoms with van der Waals surface area (Å²) in [6.45, 7) is 1.46. The molecular weight excluding hydrogens is 716 g/mol. The largest absolute Gasteiger partial charge is 0.509 e. The molecule has 3 aromatic rings. The molecule has 2 heterocycles. The third-order valence-corrected chi connectivity index (χ3v) is 8.87. The van der Waals surface area contributed by atoms with Crippen molar-refractivity contribution in [3.8, 4) is 22.6 Å². The summed E-state index contributed by atoms with van der Waals surface area (Å²) in [4.78, 5) is 27.7. The Balaban J connectivity index is 1.58. The molecule has 8 nitrogen and oxygen atoms in total. The minimum atomic E-state index is -4.73. The predicted octanol–water partition coefficient (Wildman–Crippen LogP) is 6.83. The van der Waals surface area contributed by atoms with Crippen molar-refractivity contribution in [1.82, 2.24) is 10.0 Å². The third-order valence-electron chi connectivity index (χ3n) is 8.04. The van der Waals surface area contributed by atoms with Crippen molar-refractivity contribution in [2.24, 2.45) is 0 Å². The van der Waals surface area contributed by atoms with Crippen LogP contribution in [0.4, 0.5) is 27.6 Å². The van der Waals surface area contributed by atoms with Crippen molar-refractivity contribution >= 4 is 40.1 Å². The van der Waals surface area contributed by atoms with Gasteiger partial charge in [0.15, 0.2) is 23.1 Å². The minimum absolute atomic E-state index is 0.0439. The molecule has 0 aromatic heterocycles. The predicted molar refractivity (Wildman–Crippen MR) is 162 cm³/mol. The molecule has 1 saturated heterocycles. The Morgan fingerprint density at radius 3 is 2.47 bits per heavy atom. The number of amides is 2. The van der Waals surface area contributed by atoms with Gasteiger partial charge in [-0.05, 0) is 72.7 Å². The summed E-state index contributed by atoms with van der Waals surface area (Å²) in [6.07, 6.45) is -3.88. The molecule has 1 fully saturated rings. The zero-order valence-corrected chi connectivity index (χ0v) is 26.3. The minimum Gasteiger partial charge on any atom is -0.509 e. The number of anilines is 1. The highest BCUT2D eigenvalue weighted by Gasteiger charge is 2.52. The topological polar surface area (TPSA) is 91.3 Å². The monoisotopic (exact) mass is 743 g/mol. The van der Waals surface area contributed by atoms with Gasteiger partial charge in [0.05, 0.1) is 35.4 Å². The van der Waals surface area contributed by atoms with Gasteiger partial charge in [-0.2, -0.15) is 13.2 Å². The molecule has 238 valence electrons. The Bertz CT molecular complexity index is 1730. The first-order chi connectivity index (χ1) is 21.2. The van der Waals surface area contributed by atoms with E-state index in [1.54, 1.807) is 35.6 Å². The maximum atomic E-state index is 14.9. The fourth-order valence-electron chi connectivity index (χ4n) is 5.73. The van der Waals surface area contributed by atoms with Gasteiger partial charge >= 0.3 is 6.18 Å². The molecule has 1 atom stereocenters. The second-order valence-electron chi connectivity index (χ2n) is 10.7. The lowest BCUT2D eigenvalue weighted by atomic mass is 9.90. The molecule has 45 heavy (non-hydrogen) atoms. The number of nitrogens with zero attached hydrogens (tertiary/aromatic N) is 2. The lowest BCUT2D eigenvalue weighted by Crippen LogP contribution is -2.60. The number of hydrogen-bond acceptors (Lipinski definition) is 6. The van der Waals surface area contributed by atoms with E-state index in [9.17, 15) is 36.6 Å². The van der Waals surface area contributed by atoms with Crippen molar-refractivity contribution < 1.29 is 46.1 Å². The molecule has 14 heteroatoms. The van der Waals surface area contributed by atoms with E-state index in [-0.39, 0.29) is 44.0 Å². The second-order valence-corrected chi connectivity index (χ2v) is 11.8. The standard InChI is InChI=1S/C31H27F5IN3O5/c1-30-12-5-13-40(30)39(15-16-8-10-20(37)25(33)24(16)32)29(43)23(27(30)41)28(42)38-21-11-9-17(31(34,35)36)14-19(21)18-6-4-7-22(44-2)26(18)45-3/h4,6-11,14,41H,5,12-13,15H2,1-3H3,(H,38,42)/t30-/m1/s1. The van der Waals surface area contributed by atoms with Crippen LogP contribution in [0.3, 0.4) is 0 Å². The molecule has 2 aliphatic rings. The van der Waals surface area contributed by atoms with Crippen LogP contribution >= 0.6 is 22.6 Å². The third kappa shape index (κ3) is 5.69. The van der Waals surface area contributed by atoms with Gasteiger partial charge < -0.3 is 19.9 Å². The molecule has 3 aromatic carbocycles. The lowest BCUT2D eigenvalue weighted by molar-refractivity contribution is -0.160. The van der Waals surface area contributed by atoms with E-state index in [1.165, 1.54) is 43.5 Å². The Hall–Kier alpha value is -3.92. The Labute approximate surface area is 268 Å². The molecule has 2 aliphatic heterocycles. The molecule has 0 spiro atoms. The number of benzene rings is 3. The van der Waals surface area contributed by atoms with Gasteiger partial charge in [0, 0.05) is 28.9 Å². The first-order valence-electron chi connectivity index (χ1n) is 13.6. The molecule has 2 amide bonds.